The standard InChI is InChI=1S/C17H16F4N4O3/c1-28-16(27)10-4-5-22-7-12(10)23-15-11-6-9(18)2-3-13(11)25(24-15)8-14(26)17(19,20)21/h2-7,14-15,23-24,26H,8H2,1H3. The van der Waals surface area contributed by atoms with Gasteiger partial charge in [0.05, 0.1) is 36.8 Å². The van der Waals surface area contributed by atoms with Gasteiger partial charge in [0.15, 0.2) is 6.10 Å². The van der Waals surface area contributed by atoms with Crippen LogP contribution in [0.1, 0.15) is 22.1 Å². The summed E-state index contributed by atoms with van der Waals surface area (Å²) in [6, 6.07) is 4.95. The highest BCUT2D eigenvalue weighted by molar-refractivity contribution is 5.95. The molecule has 11 heteroatoms. The normalized spacial score (nSPS) is 17.2. The molecule has 3 N–H and O–H groups in total. The van der Waals surface area contributed by atoms with Gasteiger partial charge in [0.25, 0.3) is 0 Å². The molecule has 0 saturated carbocycles. The van der Waals surface area contributed by atoms with Crippen molar-refractivity contribution in [2.45, 2.75) is 18.4 Å². The number of benzene rings is 1. The molecule has 28 heavy (non-hydrogen) atoms. The molecule has 1 aromatic carbocycles. The number of hydrogen-bond acceptors (Lipinski definition) is 7. The first-order chi connectivity index (χ1) is 13.2. The quantitative estimate of drug-likeness (QED) is 0.525. The van der Waals surface area contributed by atoms with Gasteiger partial charge in [-0.1, -0.05) is 0 Å². The van der Waals surface area contributed by atoms with Crippen molar-refractivity contribution in [3.8, 4) is 0 Å². The Morgan fingerprint density at radius 3 is 2.86 bits per heavy atom. The second kappa shape index (κ2) is 7.60. The lowest BCUT2D eigenvalue weighted by Gasteiger charge is -2.25. The van der Waals surface area contributed by atoms with Gasteiger partial charge in [0.1, 0.15) is 12.0 Å². The zero-order valence-electron chi connectivity index (χ0n) is 14.5. The topological polar surface area (TPSA) is 86.7 Å². The molecule has 2 heterocycles. The molecule has 150 valence electrons. The number of methoxy groups -OCH3 is 1. The summed E-state index contributed by atoms with van der Waals surface area (Å²) in [6.45, 7) is -0.808. The lowest BCUT2D eigenvalue weighted by atomic mass is 10.1. The molecule has 3 rings (SSSR count). The average Bonchev–Trinajstić information content (AvgIpc) is 2.97. The van der Waals surface area contributed by atoms with Crippen LogP contribution in [0.15, 0.2) is 36.7 Å². The number of anilines is 2. The van der Waals surface area contributed by atoms with E-state index in [1.807, 2.05) is 0 Å². The third kappa shape index (κ3) is 3.99. The van der Waals surface area contributed by atoms with Crippen LogP contribution in [0.3, 0.4) is 0 Å². The third-order valence-electron chi connectivity index (χ3n) is 4.14. The van der Waals surface area contributed by atoms with E-state index in [1.54, 1.807) is 0 Å². The molecule has 7 nitrogen and oxygen atoms in total. The second-order valence-corrected chi connectivity index (χ2v) is 5.99. The number of nitrogens with one attached hydrogen (secondary N) is 2. The predicted molar refractivity (Wildman–Crippen MR) is 90.9 cm³/mol. The first-order valence-electron chi connectivity index (χ1n) is 8.07. The largest absolute Gasteiger partial charge is 0.465 e. The summed E-state index contributed by atoms with van der Waals surface area (Å²) in [7, 11) is 1.20. The molecule has 0 aliphatic carbocycles. The first-order valence-corrected chi connectivity index (χ1v) is 8.07. The molecular formula is C17H16F4N4O3. The number of aromatic nitrogens is 1. The van der Waals surface area contributed by atoms with Crippen molar-refractivity contribution in [3.05, 3.63) is 53.6 Å². The highest BCUT2D eigenvalue weighted by Gasteiger charge is 2.41. The van der Waals surface area contributed by atoms with Gasteiger partial charge >= 0.3 is 12.1 Å². The van der Waals surface area contributed by atoms with E-state index in [2.05, 4.69) is 20.5 Å². The van der Waals surface area contributed by atoms with Gasteiger partial charge in [-0.25, -0.2) is 14.6 Å². The fourth-order valence-electron chi connectivity index (χ4n) is 2.79. The Balaban J connectivity index is 1.90. The van der Waals surface area contributed by atoms with E-state index in [0.717, 1.165) is 17.1 Å². The number of hydrazine groups is 1. The number of rotatable bonds is 5. The number of carbonyl (C=O) groups excluding carboxylic acids is 1. The number of pyridine rings is 1. The van der Waals surface area contributed by atoms with E-state index >= 15 is 0 Å². The van der Waals surface area contributed by atoms with Gasteiger partial charge in [0, 0.05) is 11.8 Å². The summed E-state index contributed by atoms with van der Waals surface area (Å²) in [5.41, 5.74) is 3.67. The van der Waals surface area contributed by atoms with Crippen LogP contribution in [-0.4, -0.2) is 42.0 Å². The van der Waals surface area contributed by atoms with E-state index in [1.165, 1.54) is 31.6 Å². The van der Waals surface area contributed by atoms with E-state index < -0.39 is 36.8 Å². The average molecular weight is 400 g/mol. The second-order valence-electron chi connectivity index (χ2n) is 5.99. The molecule has 2 unspecified atom stereocenters. The number of carbonyl (C=O) groups is 1. The van der Waals surface area contributed by atoms with Gasteiger partial charge in [-0.05, 0) is 24.3 Å². The molecule has 2 aromatic rings. The van der Waals surface area contributed by atoms with Gasteiger partial charge in [0.2, 0.25) is 0 Å². The maximum atomic E-state index is 13.7. The molecule has 0 fully saturated rings. The maximum absolute atomic E-state index is 13.7. The zero-order chi connectivity index (χ0) is 20.5. The van der Waals surface area contributed by atoms with Crippen LogP contribution in [0.4, 0.5) is 28.9 Å². The van der Waals surface area contributed by atoms with Crippen molar-refractivity contribution in [3.63, 3.8) is 0 Å². The number of β-amino-alcohol motifs (C(OH)–C–C–N with tert-alkyl or cyclic N) is 1. The summed E-state index contributed by atoms with van der Waals surface area (Å²) in [5.74, 6) is -1.24. The number of fused-ring (bicyclic) bond motifs is 1. The Bertz CT molecular complexity index is 878. The van der Waals surface area contributed by atoms with Gasteiger partial charge in [-0.15, -0.1) is 0 Å². The molecule has 0 radical (unpaired) electrons. The summed E-state index contributed by atoms with van der Waals surface area (Å²) < 4.78 is 56.6. The Morgan fingerprint density at radius 2 is 2.18 bits per heavy atom. The van der Waals surface area contributed by atoms with E-state index in [-0.39, 0.29) is 16.9 Å². The molecular weight excluding hydrogens is 384 g/mol. The molecule has 0 saturated heterocycles. The van der Waals surface area contributed by atoms with Crippen LogP contribution in [0.5, 0.6) is 0 Å². The molecule has 2 atom stereocenters. The van der Waals surface area contributed by atoms with Crippen LogP contribution >= 0.6 is 0 Å². The number of nitrogens with zero attached hydrogens (tertiary/aromatic N) is 2. The number of halogens is 4. The highest BCUT2D eigenvalue weighted by atomic mass is 19.4. The molecule has 1 aliphatic heterocycles. The van der Waals surface area contributed by atoms with Crippen LogP contribution in [0.2, 0.25) is 0 Å². The SMILES string of the molecule is COC(=O)c1ccncc1NC1NN(CC(O)C(F)(F)F)c2ccc(F)cc21. The van der Waals surface area contributed by atoms with Crippen molar-refractivity contribution >= 4 is 17.3 Å². The van der Waals surface area contributed by atoms with Crippen LogP contribution in [-0.2, 0) is 4.74 Å². The Kier molecular flexibility index (Phi) is 5.38. The van der Waals surface area contributed by atoms with Crippen molar-refractivity contribution in [1.29, 1.82) is 0 Å². The number of alkyl halides is 3. The predicted octanol–water partition coefficient (Wildman–Crippen LogP) is 2.37. The monoisotopic (exact) mass is 400 g/mol. The number of ether oxygens (including phenoxy) is 1. The number of aliphatic hydroxyl groups is 1. The first kappa shape index (κ1) is 19.8. The minimum Gasteiger partial charge on any atom is -0.465 e. The fraction of sp³-hybridized carbons (Fsp3) is 0.294. The highest BCUT2D eigenvalue weighted by Crippen LogP contribution is 2.35. The van der Waals surface area contributed by atoms with Crippen molar-refractivity contribution in [1.82, 2.24) is 10.4 Å². The maximum Gasteiger partial charge on any atom is 0.416 e. The summed E-state index contributed by atoms with van der Waals surface area (Å²) >= 11 is 0. The molecule has 1 aromatic heterocycles. The van der Waals surface area contributed by atoms with Crippen molar-refractivity contribution in [2.24, 2.45) is 0 Å². The lowest BCUT2D eigenvalue weighted by molar-refractivity contribution is -0.200. The minimum absolute atomic E-state index is 0.144. The zero-order valence-corrected chi connectivity index (χ0v) is 14.5. The summed E-state index contributed by atoms with van der Waals surface area (Å²) in [5, 5.41) is 13.4. The van der Waals surface area contributed by atoms with Gasteiger partial charge < -0.3 is 20.2 Å². The number of esters is 1. The smallest absolute Gasteiger partial charge is 0.416 e. The molecule has 0 bridgehead atoms. The Morgan fingerprint density at radius 1 is 1.43 bits per heavy atom. The molecule has 1 aliphatic rings. The lowest BCUT2D eigenvalue weighted by Crippen LogP contribution is -2.46. The summed E-state index contributed by atoms with van der Waals surface area (Å²) in [4.78, 5) is 15.8. The van der Waals surface area contributed by atoms with Gasteiger partial charge in [-0.2, -0.15) is 13.2 Å². The fourth-order valence-corrected chi connectivity index (χ4v) is 2.79. The van der Waals surface area contributed by atoms with E-state index in [4.69, 9.17) is 0 Å². The molecule has 0 spiro atoms. The number of hydrogen-bond donors (Lipinski definition) is 3. The van der Waals surface area contributed by atoms with E-state index in [0.29, 0.717) is 5.56 Å². The van der Waals surface area contributed by atoms with Gasteiger partial charge in [-0.3, -0.25) is 4.98 Å². The van der Waals surface area contributed by atoms with Crippen LogP contribution in [0.25, 0.3) is 0 Å². The molecule has 0 amide bonds. The van der Waals surface area contributed by atoms with E-state index in [9.17, 15) is 27.5 Å². The summed E-state index contributed by atoms with van der Waals surface area (Å²) in [6.07, 6.45) is -5.59. The third-order valence-corrected chi connectivity index (χ3v) is 4.14. The number of aliphatic hydroxyl groups excluding tert-OH is 1. The van der Waals surface area contributed by atoms with Crippen LogP contribution in [0, 0.1) is 5.82 Å². The van der Waals surface area contributed by atoms with Crippen molar-refractivity contribution in [2.75, 3.05) is 24.0 Å². The minimum atomic E-state index is -4.81. The van der Waals surface area contributed by atoms with Crippen LogP contribution < -0.4 is 15.8 Å². The Hall–Kier alpha value is -2.92. The van der Waals surface area contributed by atoms with Crippen molar-refractivity contribution < 1.29 is 32.2 Å². The Labute approximate surface area is 156 Å².